The summed E-state index contributed by atoms with van der Waals surface area (Å²) in [5.74, 6) is 0.823. The molecule has 0 aliphatic heterocycles. The molecule has 0 saturated carbocycles. The molecule has 0 spiro atoms. The molecule has 17 heavy (non-hydrogen) atoms. The van der Waals surface area contributed by atoms with Crippen LogP contribution in [-0.4, -0.2) is 7.11 Å². The summed E-state index contributed by atoms with van der Waals surface area (Å²) >= 11 is 3.40. The molecular weight excluding hydrogens is 278 g/mol. The van der Waals surface area contributed by atoms with Gasteiger partial charge in [0.25, 0.3) is 0 Å². The van der Waals surface area contributed by atoms with Crippen LogP contribution in [0.15, 0.2) is 46.9 Å². The Morgan fingerprint density at radius 1 is 1.06 bits per heavy atom. The lowest BCUT2D eigenvalue weighted by Crippen LogP contribution is -1.84. The number of benzene rings is 2. The minimum atomic E-state index is 0.644. The Morgan fingerprint density at radius 2 is 1.76 bits per heavy atom. The predicted octanol–water partition coefficient (Wildman–Crippen LogP) is 4.00. The summed E-state index contributed by atoms with van der Waals surface area (Å²) in [5, 5.41) is 8.92. The summed E-state index contributed by atoms with van der Waals surface area (Å²) < 4.78 is 6.02. The Morgan fingerprint density at radius 3 is 2.35 bits per heavy atom. The maximum absolute atomic E-state index is 8.92. The molecule has 2 nitrogen and oxygen atoms in total. The largest absolute Gasteiger partial charge is 0.497 e. The van der Waals surface area contributed by atoms with Crippen LogP contribution in [0.5, 0.6) is 5.75 Å². The highest BCUT2D eigenvalue weighted by atomic mass is 79.9. The summed E-state index contributed by atoms with van der Waals surface area (Å²) in [5.41, 5.74) is 2.72. The summed E-state index contributed by atoms with van der Waals surface area (Å²) in [4.78, 5) is 0. The number of rotatable bonds is 2. The second-order valence-corrected chi connectivity index (χ2v) is 4.48. The van der Waals surface area contributed by atoms with Crippen molar-refractivity contribution in [2.24, 2.45) is 0 Å². The number of nitrogens with zero attached hydrogens (tertiary/aromatic N) is 1. The molecule has 0 saturated heterocycles. The highest BCUT2D eigenvalue weighted by molar-refractivity contribution is 9.10. The monoisotopic (exact) mass is 287 g/mol. The average Bonchev–Trinajstić information content (AvgIpc) is 2.38. The van der Waals surface area contributed by atoms with Crippen molar-refractivity contribution in [3.63, 3.8) is 0 Å². The molecule has 0 radical (unpaired) electrons. The highest BCUT2D eigenvalue weighted by Crippen LogP contribution is 2.26. The van der Waals surface area contributed by atoms with Crippen molar-refractivity contribution in [2.75, 3.05) is 7.11 Å². The Bertz CT molecular complexity index is 570. The van der Waals surface area contributed by atoms with Gasteiger partial charge in [-0.05, 0) is 41.5 Å². The molecule has 2 aromatic rings. The third-order valence-electron chi connectivity index (χ3n) is 2.45. The van der Waals surface area contributed by atoms with E-state index in [-0.39, 0.29) is 0 Å². The van der Waals surface area contributed by atoms with E-state index in [1.807, 2.05) is 36.4 Å². The lowest BCUT2D eigenvalue weighted by molar-refractivity contribution is 0.415. The first-order valence-corrected chi connectivity index (χ1v) is 5.87. The van der Waals surface area contributed by atoms with Crippen molar-refractivity contribution in [1.82, 2.24) is 0 Å². The zero-order chi connectivity index (χ0) is 12.3. The van der Waals surface area contributed by atoms with E-state index in [9.17, 15) is 0 Å². The summed E-state index contributed by atoms with van der Waals surface area (Å²) in [6, 6.07) is 15.6. The lowest BCUT2D eigenvalue weighted by Gasteiger charge is -2.05. The van der Waals surface area contributed by atoms with E-state index in [0.29, 0.717) is 5.56 Å². The number of hydrogen-bond donors (Lipinski definition) is 0. The van der Waals surface area contributed by atoms with Crippen molar-refractivity contribution < 1.29 is 4.74 Å². The van der Waals surface area contributed by atoms with Crippen LogP contribution >= 0.6 is 15.9 Å². The predicted molar refractivity (Wildman–Crippen MR) is 70.8 cm³/mol. The van der Waals surface area contributed by atoms with E-state index in [1.165, 1.54) is 0 Å². The normalized spacial score (nSPS) is 9.71. The van der Waals surface area contributed by atoms with Gasteiger partial charge in [0.1, 0.15) is 5.75 Å². The average molecular weight is 288 g/mol. The first-order valence-electron chi connectivity index (χ1n) is 5.08. The standard InChI is InChI=1S/C14H10BrNO/c1-17-14-4-2-11(3-5-14)12-6-10(9-16)7-13(15)8-12/h2-8H,1H3. The fourth-order valence-electron chi connectivity index (χ4n) is 1.60. The summed E-state index contributed by atoms with van der Waals surface area (Å²) in [7, 11) is 1.64. The van der Waals surface area contributed by atoms with Crippen LogP contribution in [0.1, 0.15) is 5.56 Å². The maximum Gasteiger partial charge on any atom is 0.118 e. The molecule has 0 amide bonds. The van der Waals surface area contributed by atoms with E-state index in [4.69, 9.17) is 10.00 Å². The van der Waals surface area contributed by atoms with Crippen molar-refractivity contribution in [2.45, 2.75) is 0 Å². The fraction of sp³-hybridized carbons (Fsp3) is 0.0714. The number of hydrogen-bond acceptors (Lipinski definition) is 2. The SMILES string of the molecule is COc1ccc(-c2cc(Br)cc(C#N)c2)cc1. The molecule has 0 bridgehead atoms. The quantitative estimate of drug-likeness (QED) is 0.837. The van der Waals surface area contributed by atoms with Crippen molar-refractivity contribution in [1.29, 1.82) is 5.26 Å². The lowest BCUT2D eigenvalue weighted by atomic mass is 10.0. The van der Waals surface area contributed by atoms with Crippen molar-refractivity contribution in [3.05, 3.63) is 52.5 Å². The van der Waals surface area contributed by atoms with E-state index < -0.39 is 0 Å². The number of methoxy groups -OCH3 is 1. The molecule has 0 heterocycles. The van der Waals surface area contributed by atoms with Gasteiger partial charge in [0.2, 0.25) is 0 Å². The van der Waals surface area contributed by atoms with Crippen LogP contribution in [0.2, 0.25) is 0 Å². The van der Waals surface area contributed by atoms with Gasteiger partial charge in [0, 0.05) is 4.47 Å². The van der Waals surface area contributed by atoms with Gasteiger partial charge in [0.15, 0.2) is 0 Å². The molecular formula is C14H10BrNO. The van der Waals surface area contributed by atoms with Gasteiger partial charge in [-0.25, -0.2) is 0 Å². The highest BCUT2D eigenvalue weighted by Gasteiger charge is 2.02. The number of halogens is 1. The molecule has 3 heteroatoms. The molecule has 84 valence electrons. The van der Waals surface area contributed by atoms with Gasteiger partial charge in [-0.15, -0.1) is 0 Å². The van der Waals surface area contributed by atoms with Crippen LogP contribution in [0.25, 0.3) is 11.1 Å². The van der Waals surface area contributed by atoms with E-state index in [2.05, 4.69) is 22.0 Å². The van der Waals surface area contributed by atoms with Gasteiger partial charge in [-0.1, -0.05) is 28.1 Å². The zero-order valence-corrected chi connectivity index (χ0v) is 10.9. The minimum absolute atomic E-state index is 0.644. The van der Waals surface area contributed by atoms with Crippen molar-refractivity contribution in [3.8, 4) is 22.9 Å². The second-order valence-electron chi connectivity index (χ2n) is 3.57. The van der Waals surface area contributed by atoms with Gasteiger partial charge in [-0.2, -0.15) is 5.26 Å². The first-order chi connectivity index (χ1) is 8.22. The Kier molecular flexibility index (Phi) is 3.46. The molecule has 0 aromatic heterocycles. The van der Waals surface area contributed by atoms with Gasteiger partial charge >= 0.3 is 0 Å². The Balaban J connectivity index is 2.45. The molecule has 0 N–H and O–H groups in total. The molecule has 0 unspecified atom stereocenters. The summed E-state index contributed by atoms with van der Waals surface area (Å²) in [6.07, 6.45) is 0. The third kappa shape index (κ3) is 2.66. The van der Waals surface area contributed by atoms with Crippen LogP contribution in [0.4, 0.5) is 0 Å². The van der Waals surface area contributed by atoms with Crippen LogP contribution < -0.4 is 4.74 Å². The minimum Gasteiger partial charge on any atom is -0.497 e. The molecule has 0 aliphatic carbocycles. The maximum atomic E-state index is 8.92. The third-order valence-corrected chi connectivity index (χ3v) is 2.91. The van der Waals surface area contributed by atoms with E-state index >= 15 is 0 Å². The molecule has 0 fully saturated rings. The zero-order valence-electron chi connectivity index (χ0n) is 9.27. The molecule has 2 rings (SSSR count). The molecule has 0 atom stereocenters. The van der Waals surface area contributed by atoms with Crippen LogP contribution in [0, 0.1) is 11.3 Å². The van der Waals surface area contributed by atoms with Gasteiger partial charge in [0.05, 0.1) is 18.7 Å². The Hall–Kier alpha value is -1.79. The topological polar surface area (TPSA) is 33.0 Å². The van der Waals surface area contributed by atoms with E-state index in [0.717, 1.165) is 21.3 Å². The number of ether oxygens (including phenoxy) is 1. The second kappa shape index (κ2) is 5.03. The van der Waals surface area contributed by atoms with E-state index in [1.54, 1.807) is 13.2 Å². The fourth-order valence-corrected chi connectivity index (χ4v) is 2.10. The van der Waals surface area contributed by atoms with Gasteiger partial charge < -0.3 is 4.74 Å². The van der Waals surface area contributed by atoms with Gasteiger partial charge in [-0.3, -0.25) is 0 Å². The molecule has 0 aliphatic rings. The van der Waals surface area contributed by atoms with Crippen LogP contribution in [0.3, 0.4) is 0 Å². The smallest absolute Gasteiger partial charge is 0.118 e. The Labute approximate surface area is 109 Å². The summed E-state index contributed by atoms with van der Waals surface area (Å²) in [6.45, 7) is 0. The van der Waals surface area contributed by atoms with Crippen molar-refractivity contribution >= 4 is 15.9 Å². The number of nitriles is 1. The first kappa shape index (κ1) is 11.7. The molecule has 2 aromatic carbocycles. The van der Waals surface area contributed by atoms with Crippen LogP contribution in [-0.2, 0) is 0 Å².